The summed E-state index contributed by atoms with van der Waals surface area (Å²) in [4.78, 5) is 22.5. The monoisotopic (exact) mass is 341 g/mol. The molecule has 0 N–H and O–H groups in total. The number of hydrogen-bond donors (Lipinski definition) is 0. The topological polar surface area (TPSA) is 64.5 Å². The Morgan fingerprint density at radius 3 is 2.68 bits per heavy atom. The number of hydrogen-bond acceptors (Lipinski definition) is 5. The maximum absolute atomic E-state index is 12.3. The molecule has 0 radical (unpaired) electrons. The number of rotatable bonds is 5. The summed E-state index contributed by atoms with van der Waals surface area (Å²) in [6.45, 7) is 5.22. The summed E-state index contributed by atoms with van der Waals surface area (Å²) < 4.78 is 11.5. The van der Waals surface area contributed by atoms with E-state index in [1.807, 2.05) is 43.0 Å². The molecule has 1 fully saturated rings. The van der Waals surface area contributed by atoms with E-state index in [2.05, 4.69) is 9.97 Å². The van der Waals surface area contributed by atoms with Crippen LogP contribution in [-0.2, 0) is 4.79 Å². The minimum Gasteiger partial charge on any atom is -0.484 e. The second-order valence-electron chi connectivity index (χ2n) is 6.19. The number of carbonyl (C=O) groups is 1. The molecule has 6 nitrogen and oxygen atoms in total. The number of carbonyl (C=O) groups excluding carboxylic acids is 1. The Hall–Kier alpha value is -2.63. The maximum atomic E-state index is 12.3. The molecule has 0 unspecified atom stereocenters. The van der Waals surface area contributed by atoms with Crippen molar-refractivity contribution in [3.05, 3.63) is 47.9 Å². The molecule has 1 aromatic carbocycles. The predicted octanol–water partition coefficient (Wildman–Crippen LogP) is 2.54. The average molecular weight is 341 g/mol. The smallest absolute Gasteiger partial charge is 0.260 e. The molecule has 2 heterocycles. The number of nitrogens with zero attached hydrogens (tertiary/aromatic N) is 3. The molecule has 1 aromatic heterocycles. The van der Waals surface area contributed by atoms with Crippen molar-refractivity contribution in [1.82, 2.24) is 14.9 Å². The highest BCUT2D eigenvalue weighted by Crippen LogP contribution is 2.19. The molecule has 1 amide bonds. The fourth-order valence-corrected chi connectivity index (χ4v) is 2.84. The highest BCUT2D eigenvalue weighted by molar-refractivity contribution is 5.77. The molecule has 1 aliphatic heterocycles. The quantitative estimate of drug-likeness (QED) is 0.836. The first-order valence-electron chi connectivity index (χ1n) is 8.54. The van der Waals surface area contributed by atoms with Gasteiger partial charge < -0.3 is 14.4 Å². The van der Waals surface area contributed by atoms with Crippen LogP contribution in [0.1, 0.15) is 24.2 Å². The number of benzene rings is 1. The number of amides is 1. The van der Waals surface area contributed by atoms with Crippen molar-refractivity contribution < 1.29 is 14.3 Å². The third-order valence-electron chi connectivity index (χ3n) is 4.28. The predicted molar refractivity (Wildman–Crippen MR) is 93.7 cm³/mol. The fourth-order valence-electron chi connectivity index (χ4n) is 2.84. The minimum absolute atomic E-state index is 0.0135. The van der Waals surface area contributed by atoms with Crippen LogP contribution in [-0.4, -0.2) is 46.6 Å². The lowest BCUT2D eigenvalue weighted by molar-refractivity contribution is -0.135. The molecule has 3 rings (SSSR count). The van der Waals surface area contributed by atoms with Gasteiger partial charge in [-0.15, -0.1) is 0 Å². The Kier molecular flexibility index (Phi) is 5.48. The van der Waals surface area contributed by atoms with Crippen LogP contribution in [0.4, 0.5) is 0 Å². The summed E-state index contributed by atoms with van der Waals surface area (Å²) in [7, 11) is 0. The van der Waals surface area contributed by atoms with Crippen LogP contribution in [0, 0.1) is 13.8 Å². The van der Waals surface area contributed by atoms with Crippen LogP contribution in [0.5, 0.6) is 11.6 Å². The van der Waals surface area contributed by atoms with Crippen molar-refractivity contribution in [1.29, 1.82) is 0 Å². The number of likely N-dealkylation sites (tertiary alicyclic amines) is 1. The lowest BCUT2D eigenvalue weighted by Gasteiger charge is -2.31. The Labute approximate surface area is 147 Å². The lowest BCUT2D eigenvalue weighted by atomic mass is 10.1. The largest absolute Gasteiger partial charge is 0.484 e. The van der Waals surface area contributed by atoms with Crippen LogP contribution in [0.3, 0.4) is 0 Å². The highest BCUT2D eigenvalue weighted by Gasteiger charge is 2.24. The molecule has 0 aliphatic carbocycles. The molecule has 0 bridgehead atoms. The van der Waals surface area contributed by atoms with Crippen molar-refractivity contribution >= 4 is 5.91 Å². The maximum Gasteiger partial charge on any atom is 0.260 e. The number of piperidine rings is 1. The van der Waals surface area contributed by atoms with Gasteiger partial charge in [0.15, 0.2) is 6.61 Å². The molecule has 0 atom stereocenters. The summed E-state index contributed by atoms with van der Waals surface area (Å²) in [6, 6.07) is 9.48. The molecule has 0 spiro atoms. The van der Waals surface area contributed by atoms with Gasteiger partial charge >= 0.3 is 0 Å². The van der Waals surface area contributed by atoms with E-state index in [-0.39, 0.29) is 18.6 Å². The second-order valence-corrected chi connectivity index (χ2v) is 6.19. The van der Waals surface area contributed by atoms with Gasteiger partial charge in [0.05, 0.1) is 0 Å². The SMILES string of the molecule is Cc1nccc(OC2CCN(C(=O)COc3ccccc3C)CC2)n1. The molecule has 1 saturated heterocycles. The van der Waals surface area contributed by atoms with Gasteiger partial charge in [-0.3, -0.25) is 4.79 Å². The van der Waals surface area contributed by atoms with E-state index in [0.717, 1.165) is 24.2 Å². The number of aromatic nitrogens is 2. The van der Waals surface area contributed by atoms with Gasteiger partial charge in [-0.25, -0.2) is 4.98 Å². The summed E-state index contributed by atoms with van der Waals surface area (Å²) in [6.07, 6.45) is 3.35. The summed E-state index contributed by atoms with van der Waals surface area (Å²) in [5.41, 5.74) is 1.03. The molecule has 2 aromatic rings. The third-order valence-corrected chi connectivity index (χ3v) is 4.28. The fraction of sp³-hybridized carbons (Fsp3) is 0.421. The summed E-state index contributed by atoms with van der Waals surface area (Å²) in [5, 5.41) is 0. The molecular weight excluding hydrogens is 318 g/mol. The average Bonchev–Trinajstić information content (AvgIpc) is 2.61. The Morgan fingerprint density at radius 2 is 1.96 bits per heavy atom. The van der Waals surface area contributed by atoms with E-state index >= 15 is 0 Å². The number of aryl methyl sites for hydroxylation is 2. The van der Waals surface area contributed by atoms with Gasteiger partial charge in [-0.05, 0) is 25.5 Å². The van der Waals surface area contributed by atoms with Gasteiger partial charge in [-0.2, -0.15) is 4.98 Å². The van der Waals surface area contributed by atoms with Gasteiger partial charge in [0, 0.05) is 38.2 Å². The van der Waals surface area contributed by atoms with Gasteiger partial charge in [-0.1, -0.05) is 18.2 Å². The van der Waals surface area contributed by atoms with Crippen LogP contribution in [0.15, 0.2) is 36.5 Å². The van der Waals surface area contributed by atoms with Crippen LogP contribution in [0.2, 0.25) is 0 Å². The van der Waals surface area contributed by atoms with E-state index in [1.54, 1.807) is 12.3 Å². The Balaban J connectivity index is 1.45. The summed E-state index contributed by atoms with van der Waals surface area (Å²) >= 11 is 0. The highest BCUT2D eigenvalue weighted by atomic mass is 16.5. The number of para-hydroxylation sites is 1. The minimum atomic E-state index is 0.0135. The first-order chi connectivity index (χ1) is 12.1. The van der Waals surface area contributed by atoms with Crippen molar-refractivity contribution in [2.45, 2.75) is 32.8 Å². The van der Waals surface area contributed by atoms with Gasteiger partial charge in [0.25, 0.3) is 5.91 Å². The van der Waals surface area contributed by atoms with Crippen molar-refractivity contribution in [2.24, 2.45) is 0 Å². The first kappa shape index (κ1) is 17.2. The van der Waals surface area contributed by atoms with Gasteiger partial charge in [0.1, 0.15) is 17.7 Å². The summed E-state index contributed by atoms with van der Waals surface area (Å²) in [5.74, 6) is 2.06. The molecule has 0 saturated carbocycles. The van der Waals surface area contributed by atoms with E-state index in [9.17, 15) is 4.79 Å². The second kappa shape index (κ2) is 7.96. The molecular formula is C19H23N3O3. The van der Waals surface area contributed by atoms with Gasteiger partial charge in [0.2, 0.25) is 5.88 Å². The number of ether oxygens (including phenoxy) is 2. The molecule has 6 heteroatoms. The van der Waals surface area contributed by atoms with Crippen molar-refractivity contribution in [3.8, 4) is 11.6 Å². The zero-order chi connectivity index (χ0) is 17.6. The Bertz CT molecular complexity index is 727. The van der Waals surface area contributed by atoms with Crippen molar-refractivity contribution in [2.75, 3.05) is 19.7 Å². The van der Waals surface area contributed by atoms with E-state index in [4.69, 9.17) is 9.47 Å². The van der Waals surface area contributed by atoms with E-state index in [0.29, 0.717) is 24.8 Å². The molecule has 25 heavy (non-hydrogen) atoms. The Morgan fingerprint density at radius 1 is 1.20 bits per heavy atom. The standard InChI is InChI=1S/C19H23N3O3/c1-14-5-3-4-6-17(14)24-13-19(23)22-11-8-16(9-12-22)25-18-7-10-20-15(2)21-18/h3-7,10,16H,8-9,11-13H2,1-2H3. The first-order valence-corrected chi connectivity index (χ1v) is 8.54. The van der Waals surface area contributed by atoms with Crippen LogP contribution < -0.4 is 9.47 Å². The van der Waals surface area contributed by atoms with E-state index in [1.165, 1.54) is 0 Å². The van der Waals surface area contributed by atoms with E-state index < -0.39 is 0 Å². The molecule has 1 aliphatic rings. The zero-order valence-corrected chi connectivity index (χ0v) is 14.6. The lowest BCUT2D eigenvalue weighted by Crippen LogP contribution is -2.43. The normalized spacial score (nSPS) is 15.0. The van der Waals surface area contributed by atoms with Crippen molar-refractivity contribution in [3.63, 3.8) is 0 Å². The third kappa shape index (κ3) is 4.68. The van der Waals surface area contributed by atoms with Crippen LogP contribution in [0.25, 0.3) is 0 Å². The molecule has 132 valence electrons. The zero-order valence-electron chi connectivity index (χ0n) is 14.6. The van der Waals surface area contributed by atoms with Crippen LogP contribution >= 0.6 is 0 Å².